The third-order valence-electron chi connectivity index (χ3n) is 1.73. The molecule has 0 saturated carbocycles. The summed E-state index contributed by atoms with van der Waals surface area (Å²) in [6, 6.07) is 0. The number of rotatable bonds is 3. The number of nitrogens with zero attached hydrogens (tertiary/aromatic N) is 1. The van der Waals surface area contributed by atoms with Crippen molar-refractivity contribution in [2.24, 2.45) is 5.84 Å². The fourth-order valence-corrected chi connectivity index (χ4v) is 1.14. The molecule has 0 aliphatic heterocycles. The lowest BCUT2D eigenvalue weighted by Gasteiger charge is -1.99. The predicted octanol–water partition coefficient (Wildman–Crippen LogP) is -1.14. The monoisotopic (exact) mass is 184 g/mol. The number of aromatic amines is 1. The highest BCUT2D eigenvalue weighted by molar-refractivity contribution is 5.95. The van der Waals surface area contributed by atoms with Crippen LogP contribution in [-0.2, 0) is 6.42 Å². The van der Waals surface area contributed by atoms with E-state index < -0.39 is 5.91 Å². The van der Waals surface area contributed by atoms with Crippen LogP contribution >= 0.6 is 0 Å². The van der Waals surface area contributed by atoms with Gasteiger partial charge in [-0.3, -0.25) is 15.3 Å². The Bertz CT molecular complexity index is 307. The van der Waals surface area contributed by atoms with Crippen LogP contribution in [0.25, 0.3) is 0 Å². The summed E-state index contributed by atoms with van der Waals surface area (Å²) in [6.45, 7) is 1.67. The van der Waals surface area contributed by atoms with Crippen molar-refractivity contribution in [2.75, 3.05) is 6.61 Å². The molecular weight excluding hydrogens is 172 g/mol. The van der Waals surface area contributed by atoms with Gasteiger partial charge in [0.15, 0.2) is 0 Å². The molecule has 1 aromatic rings. The van der Waals surface area contributed by atoms with Crippen LogP contribution in [0.4, 0.5) is 0 Å². The number of H-pyrrole nitrogens is 1. The van der Waals surface area contributed by atoms with Crippen LogP contribution in [0.2, 0.25) is 0 Å². The van der Waals surface area contributed by atoms with Crippen molar-refractivity contribution in [3.63, 3.8) is 0 Å². The topological polar surface area (TPSA) is 104 Å². The van der Waals surface area contributed by atoms with Crippen molar-refractivity contribution in [3.05, 3.63) is 17.0 Å². The molecule has 6 nitrogen and oxygen atoms in total. The second-order valence-corrected chi connectivity index (χ2v) is 2.62. The Morgan fingerprint density at radius 1 is 1.77 bits per heavy atom. The summed E-state index contributed by atoms with van der Waals surface area (Å²) in [5.74, 6) is 4.60. The van der Waals surface area contributed by atoms with E-state index in [9.17, 15) is 4.79 Å². The second-order valence-electron chi connectivity index (χ2n) is 2.62. The molecule has 1 aromatic heterocycles. The number of aliphatic hydroxyl groups excluding tert-OH is 1. The van der Waals surface area contributed by atoms with Crippen LogP contribution in [0.3, 0.4) is 0 Å². The molecular formula is C7H12N4O2. The Morgan fingerprint density at radius 2 is 2.46 bits per heavy atom. The van der Waals surface area contributed by atoms with Crippen molar-refractivity contribution in [1.29, 1.82) is 0 Å². The highest BCUT2D eigenvalue weighted by Crippen LogP contribution is 2.10. The van der Waals surface area contributed by atoms with Gasteiger partial charge in [0, 0.05) is 18.7 Å². The van der Waals surface area contributed by atoms with E-state index in [0.717, 1.165) is 0 Å². The minimum Gasteiger partial charge on any atom is -0.396 e. The first-order chi connectivity index (χ1) is 6.20. The number of carbonyl (C=O) groups is 1. The molecule has 0 aliphatic carbocycles. The average molecular weight is 184 g/mol. The predicted molar refractivity (Wildman–Crippen MR) is 45.8 cm³/mol. The fourth-order valence-electron chi connectivity index (χ4n) is 1.14. The van der Waals surface area contributed by atoms with Crippen LogP contribution in [-0.4, -0.2) is 27.8 Å². The number of hydrogen-bond acceptors (Lipinski definition) is 4. The van der Waals surface area contributed by atoms with Crippen LogP contribution in [0.15, 0.2) is 0 Å². The van der Waals surface area contributed by atoms with E-state index in [2.05, 4.69) is 10.2 Å². The van der Waals surface area contributed by atoms with Gasteiger partial charge in [0.05, 0.1) is 11.3 Å². The van der Waals surface area contributed by atoms with Gasteiger partial charge in [0.25, 0.3) is 5.91 Å². The molecule has 6 heteroatoms. The maximum Gasteiger partial charge on any atom is 0.268 e. The first kappa shape index (κ1) is 9.69. The van der Waals surface area contributed by atoms with Gasteiger partial charge in [-0.2, -0.15) is 5.10 Å². The van der Waals surface area contributed by atoms with Crippen molar-refractivity contribution < 1.29 is 9.90 Å². The molecule has 72 valence electrons. The number of carbonyl (C=O) groups excluding carboxylic acids is 1. The number of hydrazine groups is 1. The summed E-state index contributed by atoms with van der Waals surface area (Å²) in [5, 5.41) is 15.2. The minimum atomic E-state index is -0.394. The van der Waals surface area contributed by atoms with Gasteiger partial charge in [0.1, 0.15) is 0 Å². The van der Waals surface area contributed by atoms with Gasteiger partial charge >= 0.3 is 0 Å². The van der Waals surface area contributed by atoms with Crippen LogP contribution < -0.4 is 11.3 Å². The Labute approximate surface area is 75.1 Å². The van der Waals surface area contributed by atoms with Gasteiger partial charge in [0.2, 0.25) is 0 Å². The van der Waals surface area contributed by atoms with Crippen molar-refractivity contribution in [3.8, 4) is 0 Å². The largest absolute Gasteiger partial charge is 0.396 e. The van der Waals surface area contributed by atoms with E-state index in [4.69, 9.17) is 10.9 Å². The maximum atomic E-state index is 11.2. The van der Waals surface area contributed by atoms with E-state index >= 15 is 0 Å². The lowest BCUT2D eigenvalue weighted by molar-refractivity contribution is 0.0952. The third kappa shape index (κ3) is 1.85. The van der Waals surface area contributed by atoms with Crippen molar-refractivity contribution in [1.82, 2.24) is 15.6 Å². The number of nitrogen functional groups attached to an aromatic ring is 1. The quantitative estimate of drug-likeness (QED) is 0.270. The second kappa shape index (κ2) is 4.01. The molecule has 1 rings (SSSR count). The molecule has 0 bridgehead atoms. The minimum absolute atomic E-state index is 0.0465. The van der Waals surface area contributed by atoms with E-state index in [-0.39, 0.29) is 6.61 Å². The van der Waals surface area contributed by atoms with Crippen molar-refractivity contribution in [2.45, 2.75) is 13.3 Å². The van der Waals surface area contributed by atoms with E-state index in [1.54, 1.807) is 6.92 Å². The highest BCUT2D eigenvalue weighted by atomic mass is 16.3. The molecule has 1 heterocycles. The summed E-state index contributed by atoms with van der Waals surface area (Å²) in [6.07, 6.45) is 0.340. The Hall–Kier alpha value is -1.40. The van der Waals surface area contributed by atoms with Crippen LogP contribution in [0, 0.1) is 6.92 Å². The number of nitrogens with one attached hydrogen (secondary N) is 2. The summed E-state index contributed by atoms with van der Waals surface area (Å²) in [5.41, 5.74) is 3.62. The van der Waals surface area contributed by atoms with Gasteiger partial charge in [-0.1, -0.05) is 0 Å². The molecule has 0 fully saturated rings. The molecule has 5 N–H and O–H groups in total. The highest BCUT2D eigenvalue weighted by Gasteiger charge is 2.16. The maximum absolute atomic E-state index is 11.2. The van der Waals surface area contributed by atoms with Gasteiger partial charge in [-0.05, 0) is 6.92 Å². The average Bonchev–Trinajstić information content (AvgIpc) is 2.47. The molecule has 0 spiro atoms. The lowest BCUT2D eigenvalue weighted by atomic mass is 10.1. The first-order valence-corrected chi connectivity index (χ1v) is 3.86. The molecule has 13 heavy (non-hydrogen) atoms. The molecule has 0 aromatic carbocycles. The molecule has 0 unspecified atom stereocenters. The molecule has 0 atom stereocenters. The molecule has 0 saturated heterocycles. The number of amides is 1. The summed E-state index contributed by atoms with van der Waals surface area (Å²) in [4.78, 5) is 11.2. The summed E-state index contributed by atoms with van der Waals surface area (Å²) in [7, 11) is 0. The van der Waals surface area contributed by atoms with E-state index in [1.807, 2.05) is 5.43 Å². The smallest absolute Gasteiger partial charge is 0.268 e. The SMILES string of the molecule is Cc1[nH]nc(CCO)c1C(=O)NN. The van der Waals surface area contributed by atoms with Crippen molar-refractivity contribution >= 4 is 5.91 Å². The fraction of sp³-hybridized carbons (Fsp3) is 0.429. The van der Waals surface area contributed by atoms with Gasteiger partial charge in [-0.25, -0.2) is 5.84 Å². The molecule has 0 aliphatic rings. The molecule has 1 amide bonds. The number of aromatic nitrogens is 2. The standard InChI is InChI=1S/C7H12N4O2/c1-4-6(7(13)9-8)5(2-3-12)11-10-4/h12H,2-3,8H2,1H3,(H,9,13)(H,10,11). The number of nitrogens with two attached hydrogens (primary N) is 1. The Kier molecular flexibility index (Phi) is 2.99. The van der Waals surface area contributed by atoms with Crippen LogP contribution in [0.1, 0.15) is 21.7 Å². The number of aryl methyl sites for hydroxylation is 1. The normalized spacial score (nSPS) is 10.1. The zero-order valence-electron chi connectivity index (χ0n) is 7.29. The first-order valence-electron chi connectivity index (χ1n) is 3.86. The summed E-state index contributed by atoms with van der Waals surface area (Å²) < 4.78 is 0. The summed E-state index contributed by atoms with van der Waals surface area (Å²) >= 11 is 0. The lowest BCUT2D eigenvalue weighted by Crippen LogP contribution is -2.31. The number of hydrogen-bond donors (Lipinski definition) is 4. The van der Waals surface area contributed by atoms with E-state index in [1.165, 1.54) is 0 Å². The molecule has 0 radical (unpaired) electrons. The zero-order valence-corrected chi connectivity index (χ0v) is 7.29. The van der Waals surface area contributed by atoms with Crippen LogP contribution in [0.5, 0.6) is 0 Å². The number of aliphatic hydroxyl groups is 1. The third-order valence-corrected chi connectivity index (χ3v) is 1.73. The Morgan fingerprint density at radius 3 is 3.00 bits per heavy atom. The van der Waals surface area contributed by atoms with Gasteiger partial charge < -0.3 is 5.11 Å². The Balaban J connectivity index is 3.01. The van der Waals surface area contributed by atoms with E-state index in [0.29, 0.717) is 23.4 Å². The van der Waals surface area contributed by atoms with Gasteiger partial charge in [-0.15, -0.1) is 0 Å². The zero-order chi connectivity index (χ0) is 9.84.